The van der Waals surface area contributed by atoms with E-state index in [0.717, 1.165) is 0 Å². The van der Waals surface area contributed by atoms with Gasteiger partial charge in [-0.25, -0.2) is 9.13 Å². The molecule has 1 heterocycles. The molecule has 0 saturated heterocycles. The van der Waals surface area contributed by atoms with Crippen LogP contribution in [0.25, 0.3) is 22.4 Å². The molecule has 0 aliphatic rings. The van der Waals surface area contributed by atoms with E-state index in [9.17, 15) is 0 Å². The van der Waals surface area contributed by atoms with Crippen LogP contribution in [0.5, 0.6) is 0 Å². The van der Waals surface area contributed by atoms with Gasteiger partial charge in [0.15, 0.2) is 11.0 Å². The van der Waals surface area contributed by atoms with E-state index < -0.39 is 0 Å². The summed E-state index contributed by atoms with van der Waals surface area (Å²) in [7, 11) is 2.16. The van der Waals surface area contributed by atoms with Crippen LogP contribution in [0.2, 0.25) is 0 Å². The minimum Gasteiger partial charge on any atom is -0.226 e. The molecular formula is C19H23N2+. The third-order valence-corrected chi connectivity index (χ3v) is 4.19. The Morgan fingerprint density at radius 2 is 1.71 bits per heavy atom. The molecular weight excluding hydrogens is 256 g/mol. The first-order valence-corrected chi connectivity index (χ1v) is 7.57. The Morgan fingerprint density at radius 3 is 2.38 bits per heavy atom. The van der Waals surface area contributed by atoms with Gasteiger partial charge in [-0.2, -0.15) is 0 Å². The molecule has 0 aliphatic carbocycles. The van der Waals surface area contributed by atoms with Crippen LogP contribution in [-0.2, 0) is 7.05 Å². The molecule has 2 nitrogen and oxygen atoms in total. The van der Waals surface area contributed by atoms with Gasteiger partial charge in [-0.05, 0) is 51.5 Å². The highest BCUT2D eigenvalue weighted by atomic mass is 15.2. The fourth-order valence-corrected chi connectivity index (χ4v) is 3.24. The lowest BCUT2D eigenvalue weighted by atomic mass is 10.0. The molecule has 2 aromatic carbocycles. The van der Waals surface area contributed by atoms with E-state index in [1.807, 2.05) is 0 Å². The number of aryl methyl sites for hydroxylation is 3. The topological polar surface area (TPSA) is 8.81 Å². The predicted octanol–water partition coefficient (Wildman–Crippen LogP) is 4.33. The summed E-state index contributed by atoms with van der Waals surface area (Å²) in [5, 5.41) is 0. The monoisotopic (exact) mass is 279 g/mol. The van der Waals surface area contributed by atoms with Crippen molar-refractivity contribution in [3.05, 3.63) is 53.6 Å². The van der Waals surface area contributed by atoms with Crippen molar-refractivity contribution in [1.82, 2.24) is 4.57 Å². The number of aromatic nitrogens is 2. The zero-order valence-corrected chi connectivity index (χ0v) is 13.5. The molecule has 3 aromatic rings. The minimum atomic E-state index is 0.423. The SMILES string of the molecule is Cc1ccc(-c2n(C(C)C)c3ccccc3[n+]2C)c(C)c1. The number of fused-ring (bicyclic) bond motifs is 1. The molecule has 3 rings (SSSR count). The summed E-state index contributed by atoms with van der Waals surface area (Å²) in [6, 6.07) is 15.8. The molecule has 0 bridgehead atoms. The molecule has 1 aromatic heterocycles. The van der Waals surface area contributed by atoms with E-state index in [0.29, 0.717) is 6.04 Å². The van der Waals surface area contributed by atoms with E-state index in [1.165, 1.54) is 33.5 Å². The molecule has 0 spiro atoms. The number of nitrogens with zero attached hydrogens (tertiary/aromatic N) is 2. The van der Waals surface area contributed by atoms with Gasteiger partial charge in [-0.15, -0.1) is 0 Å². The van der Waals surface area contributed by atoms with Gasteiger partial charge >= 0.3 is 0 Å². The van der Waals surface area contributed by atoms with E-state index in [1.54, 1.807) is 0 Å². The second-order valence-corrected chi connectivity index (χ2v) is 6.15. The Hall–Kier alpha value is -2.09. The Balaban J connectivity index is 2.41. The Kier molecular flexibility index (Phi) is 3.32. The van der Waals surface area contributed by atoms with Crippen molar-refractivity contribution < 1.29 is 4.57 Å². The summed E-state index contributed by atoms with van der Waals surface area (Å²) in [6.07, 6.45) is 0. The average molecular weight is 279 g/mol. The fraction of sp³-hybridized carbons (Fsp3) is 0.316. The van der Waals surface area contributed by atoms with Crippen molar-refractivity contribution in [2.24, 2.45) is 7.05 Å². The lowest BCUT2D eigenvalue weighted by molar-refractivity contribution is -0.634. The molecule has 0 amide bonds. The predicted molar refractivity (Wildman–Crippen MR) is 88.4 cm³/mol. The molecule has 0 fully saturated rings. The summed E-state index contributed by atoms with van der Waals surface area (Å²) in [6.45, 7) is 8.85. The van der Waals surface area contributed by atoms with Crippen LogP contribution >= 0.6 is 0 Å². The maximum Gasteiger partial charge on any atom is 0.290 e. The van der Waals surface area contributed by atoms with Gasteiger partial charge in [0, 0.05) is 0 Å². The highest BCUT2D eigenvalue weighted by molar-refractivity contribution is 5.77. The highest BCUT2D eigenvalue weighted by Gasteiger charge is 2.26. The second kappa shape index (κ2) is 5.03. The standard InChI is InChI=1S/C19H23N2/c1-13(2)21-18-9-7-6-8-17(18)20(5)19(21)16-11-10-14(3)12-15(16)4/h6-13H,1-5H3/q+1. The number of rotatable bonds is 2. The lowest BCUT2D eigenvalue weighted by Crippen LogP contribution is -2.30. The maximum absolute atomic E-state index is 2.44. The highest BCUT2D eigenvalue weighted by Crippen LogP contribution is 2.29. The first-order chi connectivity index (χ1) is 10.0. The van der Waals surface area contributed by atoms with Crippen LogP contribution in [0, 0.1) is 13.8 Å². The number of benzene rings is 2. The zero-order chi connectivity index (χ0) is 15.1. The molecule has 108 valence electrons. The van der Waals surface area contributed by atoms with Gasteiger partial charge in [0.05, 0.1) is 18.7 Å². The average Bonchev–Trinajstić information content (AvgIpc) is 2.73. The fourth-order valence-electron chi connectivity index (χ4n) is 3.24. The van der Waals surface area contributed by atoms with Gasteiger partial charge in [-0.3, -0.25) is 0 Å². The molecule has 0 saturated carbocycles. The summed E-state index contributed by atoms with van der Waals surface area (Å²) < 4.78 is 4.75. The maximum atomic E-state index is 2.44. The molecule has 0 unspecified atom stereocenters. The van der Waals surface area contributed by atoms with Crippen LogP contribution in [0.4, 0.5) is 0 Å². The second-order valence-electron chi connectivity index (χ2n) is 6.15. The summed E-state index contributed by atoms with van der Waals surface area (Å²) >= 11 is 0. The first-order valence-electron chi connectivity index (χ1n) is 7.57. The molecule has 2 heteroatoms. The summed E-state index contributed by atoms with van der Waals surface area (Å²) in [4.78, 5) is 0. The van der Waals surface area contributed by atoms with Crippen molar-refractivity contribution in [2.75, 3.05) is 0 Å². The van der Waals surface area contributed by atoms with Crippen molar-refractivity contribution in [2.45, 2.75) is 33.7 Å². The van der Waals surface area contributed by atoms with E-state index in [-0.39, 0.29) is 0 Å². The molecule has 0 N–H and O–H groups in total. The Bertz CT molecular complexity index is 810. The third kappa shape index (κ3) is 2.15. The third-order valence-electron chi connectivity index (χ3n) is 4.19. The van der Waals surface area contributed by atoms with E-state index >= 15 is 0 Å². The van der Waals surface area contributed by atoms with Crippen LogP contribution in [0.1, 0.15) is 31.0 Å². The van der Waals surface area contributed by atoms with Crippen LogP contribution in [-0.4, -0.2) is 4.57 Å². The minimum absolute atomic E-state index is 0.423. The summed E-state index contributed by atoms with van der Waals surface area (Å²) in [5.41, 5.74) is 6.53. The largest absolute Gasteiger partial charge is 0.290 e. The van der Waals surface area contributed by atoms with Gasteiger partial charge in [0.2, 0.25) is 0 Å². The molecule has 0 radical (unpaired) electrons. The van der Waals surface area contributed by atoms with Crippen molar-refractivity contribution in [1.29, 1.82) is 0 Å². The number of imidazole rings is 1. The van der Waals surface area contributed by atoms with Crippen LogP contribution in [0.15, 0.2) is 42.5 Å². The van der Waals surface area contributed by atoms with Crippen molar-refractivity contribution in [3.8, 4) is 11.4 Å². The van der Waals surface area contributed by atoms with Crippen molar-refractivity contribution >= 4 is 11.0 Å². The van der Waals surface area contributed by atoms with E-state index in [4.69, 9.17) is 0 Å². The molecule has 0 atom stereocenters. The Morgan fingerprint density at radius 1 is 1.00 bits per heavy atom. The quantitative estimate of drug-likeness (QED) is 0.617. The lowest BCUT2D eigenvalue weighted by Gasteiger charge is -2.09. The van der Waals surface area contributed by atoms with Crippen LogP contribution in [0.3, 0.4) is 0 Å². The number of hydrogen-bond acceptors (Lipinski definition) is 0. The van der Waals surface area contributed by atoms with Gasteiger partial charge in [0.25, 0.3) is 5.82 Å². The Labute approximate surface area is 126 Å². The zero-order valence-electron chi connectivity index (χ0n) is 13.5. The molecule has 21 heavy (non-hydrogen) atoms. The molecule has 0 aliphatic heterocycles. The smallest absolute Gasteiger partial charge is 0.226 e. The van der Waals surface area contributed by atoms with Crippen LogP contribution < -0.4 is 4.57 Å². The first kappa shape index (κ1) is 13.9. The van der Waals surface area contributed by atoms with Gasteiger partial charge in [-0.1, -0.05) is 29.8 Å². The summed E-state index contributed by atoms with van der Waals surface area (Å²) in [5.74, 6) is 1.28. The normalized spacial score (nSPS) is 11.5. The van der Waals surface area contributed by atoms with Crippen molar-refractivity contribution in [3.63, 3.8) is 0 Å². The van der Waals surface area contributed by atoms with E-state index in [2.05, 4.69) is 86.3 Å². The number of para-hydroxylation sites is 2. The number of hydrogen-bond donors (Lipinski definition) is 0. The van der Waals surface area contributed by atoms with Gasteiger partial charge in [0.1, 0.15) is 0 Å². The van der Waals surface area contributed by atoms with Gasteiger partial charge < -0.3 is 0 Å².